The second-order valence-corrected chi connectivity index (χ2v) is 8.18. The van der Waals surface area contributed by atoms with Gasteiger partial charge in [-0.2, -0.15) is 0 Å². The molecular weight excluding hydrogens is 411 g/mol. The Kier molecular flexibility index (Phi) is 6.48. The van der Waals surface area contributed by atoms with Gasteiger partial charge in [-0.15, -0.1) is 0 Å². The number of halogens is 2. The lowest BCUT2D eigenvalue weighted by Gasteiger charge is -2.29. The van der Waals surface area contributed by atoms with Crippen LogP contribution < -0.4 is 14.8 Å². The van der Waals surface area contributed by atoms with E-state index in [2.05, 4.69) is 10.2 Å². The first-order valence-electron chi connectivity index (χ1n) is 9.95. The molecule has 2 aliphatic rings. The molecule has 1 unspecified atom stereocenters. The molecule has 2 heterocycles. The van der Waals surface area contributed by atoms with Crippen LogP contribution in [0.15, 0.2) is 36.4 Å². The molecule has 4 rings (SSSR count). The molecule has 2 aromatic carbocycles. The Morgan fingerprint density at radius 1 is 1.07 bits per heavy atom. The fourth-order valence-electron chi connectivity index (χ4n) is 3.96. The molecule has 0 aliphatic carbocycles. The first-order valence-corrected chi connectivity index (χ1v) is 10.7. The van der Waals surface area contributed by atoms with Crippen molar-refractivity contribution in [2.24, 2.45) is 0 Å². The molecule has 29 heavy (non-hydrogen) atoms. The van der Waals surface area contributed by atoms with Crippen molar-refractivity contribution in [2.75, 3.05) is 32.8 Å². The second kappa shape index (κ2) is 9.24. The van der Waals surface area contributed by atoms with Crippen molar-refractivity contribution >= 4 is 29.1 Å². The van der Waals surface area contributed by atoms with Crippen LogP contribution in [-0.2, 0) is 11.2 Å². The maximum atomic E-state index is 12.6. The van der Waals surface area contributed by atoms with Gasteiger partial charge in [0, 0.05) is 11.6 Å². The van der Waals surface area contributed by atoms with E-state index in [1.807, 2.05) is 30.3 Å². The van der Waals surface area contributed by atoms with Crippen LogP contribution in [0.1, 0.15) is 30.0 Å². The highest BCUT2D eigenvalue weighted by molar-refractivity contribution is 6.32. The number of hydrogen-bond donors (Lipinski definition) is 1. The van der Waals surface area contributed by atoms with Gasteiger partial charge in [0.25, 0.3) is 0 Å². The Bertz CT molecular complexity index is 884. The summed E-state index contributed by atoms with van der Waals surface area (Å²) in [7, 11) is 0. The highest BCUT2D eigenvalue weighted by Crippen LogP contribution is 2.38. The SMILES string of the molecule is O=C(Cc1cc(Cl)c2c(c1)OCCO2)NCC(c1ccccc1Cl)N1CCCC1. The minimum absolute atomic E-state index is 0.0611. The molecule has 1 saturated heterocycles. The molecule has 0 radical (unpaired) electrons. The Hall–Kier alpha value is -1.95. The number of nitrogens with zero attached hydrogens (tertiary/aromatic N) is 1. The Balaban J connectivity index is 1.43. The first kappa shape index (κ1) is 20.3. The van der Waals surface area contributed by atoms with E-state index in [9.17, 15) is 4.79 Å². The van der Waals surface area contributed by atoms with E-state index in [-0.39, 0.29) is 18.4 Å². The van der Waals surface area contributed by atoms with Gasteiger partial charge in [-0.05, 0) is 55.3 Å². The standard InChI is InChI=1S/C22H24Cl2N2O3/c23-17-6-2-1-5-16(17)19(26-7-3-4-8-26)14-25-21(27)13-15-11-18(24)22-20(12-15)28-9-10-29-22/h1-2,5-6,11-12,19H,3-4,7-10,13-14H2,(H,25,27). The van der Waals surface area contributed by atoms with Gasteiger partial charge in [-0.1, -0.05) is 41.4 Å². The maximum Gasteiger partial charge on any atom is 0.224 e. The second-order valence-electron chi connectivity index (χ2n) is 7.36. The van der Waals surface area contributed by atoms with Crippen LogP contribution in [0.5, 0.6) is 11.5 Å². The minimum Gasteiger partial charge on any atom is -0.486 e. The lowest BCUT2D eigenvalue weighted by atomic mass is 10.0. The van der Waals surface area contributed by atoms with Crippen LogP contribution in [-0.4, -0.2) is 43.7 Å². The lowest BCUT2D eigenvalue weighted by molar-refractivity contribution is -0.120. The molecule has 1 atom stereocenters. The third-order valence-corrected chi connectivity index (χ3v) is 5.98. The quantitative estimate of drug-likeness (QED) is 0.737. The molecule has 7 heteroatoms. The number of fused-ring (bicyclic) bond motifs is 1. The number of carbonyl (C=O) groups is 1. The van der Waals surface area contributed by atoms with Crippen LogP contribution in [0.25, 0.3) is 0 Å². The highest BCUT2D eigenvalue weighted by Gasteiger charge is 2.25. The number of hydrogen-bond acceptors (Lipinski definition) is 4. The van der Waals surface area contributed by atoms with Gasteiger partial charge in [-0.25, -0.2) is 0 Å². The topological polar surface area (TPSA) is 50.8 Å². The Labute approximate surface area is 180 Å². The van der Waals surface area contributed by atoms with E-state index < -0.39 is 0 Å². The molecule has 0 spiro atoms. The Morgan fingerprint density at radius 3 is 2.62 bits per heavy atom. The number of ether oxygens (including phenoxy) is 2. The van der Waals surface area contributed by atoms with Gasteiger partial charge >= 0.3 is 0 Å². The molecule has 154 valence electrons. The molecule has 2 aliphatic heterocycles. The highest BCUT2D eigenvalue weighted by atomic mass is 35.5. The smallest absolute Gasteiger partial charge is 0.224 e. The molecule has 0 aromatic heterocycles. The predicted octanol–water partition coefficient (Wildman–Crippen LogP) is 4.26. The number of amides is 1. The summed E-state index contributed by atoms with van der Waals surface area (Å²) >= 11 is 12.7. The van der Waals surface area contributed by atoms with Gasteiger partial charge < -0.3 is 14.8 Å². The molecule has 2 aromatic rings. The molecule has 5 nitrogen and oxygen atoms in total. The molecule has 0 bridgehead atoms. The van der Waals surface area contributed by atoms with E-state index in [0.717, 1.165) is 29.2 Å². The van der Waals surface area contributed by atoms with Crippen molar-refractivity contribution in [1.82, 2.24) is 10.2 Å². The van der Waals surface area contributed by atoms with E-state index in [0.29, 0.717) is 36.3 Å². The maximum absolute atomic E-state index is 12.6. The number of nitrogens with one attached hydrogen (secondary N) is 1. The summed E-state index contributed by atoms with van der Waals surface area (Å²) in [5, 5.41) is 4.28. The molecule has 1 amide bonds. The van der Waals surface area contributed by atoms with Crippen LogP contribution in [0.2, 0.25) is 10.0 Å². The molecule has 0 saturated carbocycles. The van der Waals surface area contributed by atoms with Crippen LogP contribution in [0.4, 0.5) is 0 Å². The largest absolute Gasteiger partial charge is 0.486 e. The fraction of sp³-hybridized carbons (Fsp3) is 0.409. The summed E-state index contributed by atoms with van der Waals surface area (Å²) in [6.45, 7) is 3.51. The average Bonchev–Trinajstić information content (AvgIpc) is 3.24. The van der Waals surface area contributed by atoms with Crippen LogP contribution in [0.3, 0.4) is 0 Å². The van der Waals surface area contributed by atoms with E-state index in [4.69, 9.17) is 32.7 Å². The summed E-state index contributed by atoms with van der Waals surface area (Å²) in [5.74, 6) is 1.08. The molecular formula is C22H24Cl2N2O3. The monoisotopic (exact) mass is 434 g/mol. The van der Waals surface area contributed by atoms with Crippen molar-refractivity contribution in [3.8, 4) is 11.5 Å². The number of likely N-dealkylation sites (tertiary alicyclic amines) is 1. The number of carbonyl (C=O) groups excluding carboxylic acids is 1. The van der Waals surface area contributed by atoms with E-state index in [1.54, 1.807) is 6.07 Å². The van der Waals surface area contributed by atoms with Crippen molar-refractivity contribution in [3.05, 3.63) is 57.6 Å². The van der Waals surface area contributed by atoms with Crippen molar-refractivity contribution in [3.63, 3.8) is 0 Å². The predicted molar refractivity (Wildman–Crippen MR) is 114 cm³/mol. The van der Waals surface area contributed by atoms with E-state index >= 15 is 0 Å². The molecule has 1 N–H and O–H groups in total. The average molecular weight is 435 g/mol. The fourth-order valence-corrected chi connectivity index (χ4v) is 4.51. The van der Waals surface area contributed by atoms with Gasteiger partial charge in [0.2, 0.25) is 5.91 Å². The van der Waals surface area contributed by atoms with Crippen molar-refractivity contribution in [2.45, 2.75) is 25.3 Å². The summed E-state index contributed by atoms with van der Waals surface area (Å²) < 4.78 is 11.1. The van der Waals surface area contributed by atoms with Crippen molar-refractivity contribution in [1.29, 1.82) is 0 Å². The van der Waals surface area contributed by atoms with Crippen LogP contribution >= 0.6 is 23.2 Å². The summed E-state index contributed by atoms with van der Waals surface area (Å²) in [4.78, 5) is 15.0. The zero-order chi connectivity index (χ0) is 20.2. The third-order valence-electron chi connectivity index (χ3n) is 5.36. The third kappa shape index (κ3) is 4.80. The molecule has 1 fully saturated rings. The minimum atomic E-state index is -0.0611. The van der Waals surface area contributed by atoms with Gasteiger partial charge in [0.05, 0.1) is 17.5 Å². The first-order chi connectivity index (χ1) is 14.1. The zero-order valence-electron chi connectivity index (χ0n) is 16.1. The van der Waals surface area contributed by atoms with Gasteiger partial charge in [-0.3, -0.25) is 9.69 Å². The van der Waals surface area contributed by atoms with Gasteiger partial charge in [0.1, 0.15) is 13.2 Å². The number of rotatable bonds is 6. The van der Waals surface area contributed by atoms with E-state index in [1.165, 1.54) is 12.8 Å². The Morgan fingerprint density at radius 2 is 1.83 bits per heavy atom. The summed E-state index contributed by atoms with van der Waals surface area (Å²) in [6, 6.07) is 11.5. The van der Waals surface area contributed by atoms with Crippen LogP contribution in [0, 0.1) is 0 Å². The summed E-state index contributed by atoms with van der Waals surface area (Å²) in [6.07, 6.45) is 2.57. The van der Waals surface area contributed by atoms with Crippen molar-refractivity contribution < 1.29 is 14.3 Å². The number of benzene rings is 2. The normalized spacial score (nSPS) is 17.2. The summed E-state index contributed by atoms with van der Waals surface area (Å²) in [5.41, 5.74) is 1.85. The lowest BCUT2D eigenvalue weighted by Crippen LogP contribution is -2.37. The van der Waals surface area contributed by atoms with Gasteiger partial charge in [0.15, 0.2) is 11.5 Å². The zero-order valence-corrected chi connectivity index (χ0v) is 17.6.